The van der Waals surface area contributed by atoms with Gasteiger partial charge in [0.1, 0.15) is 5.75 Å². The molecule has 0 bridgehead atoms. The summed E-state index contributed by atoms with van der Waals surface area (Å²) in [7, 11) is 3.84. The van der Waals surface area contributed by atoms with Gasteiger partial charge in [0.2, 0.25) is 0 Å². The Hall–Kier alpha value is -1.02. The molecule has 0 aliphatic heterocycles. The summed E-state index contributed by atoms with van der Waals surface area (Å²) >= 11 is 0. The first kappa shape index (κ1) is 15.4. The molecular formula is C18H29NO. The van der Waals surface area contributed by atoms with Gasteiger partial charge in [0.05, 0.1) is 7.11 Å². The molecule has 2 heteroatoms. The minimum absolute atomic E-state index is 0.342. The Labute approximate surface area is 123 Å². The maximum atomic E-state index is 5.71. The minimum Gasteiger partial charge on any atom is -0.496 e. The van der Waals surface area contributed by atoms with Crippen LogP contribution in [-0.4, -0.2) is 14.2 Å². The van der Waals surface area contributed by atoms with Crippen LogP contribution >= 0.6 is 0 Å². The van der Waals surface area contributed by atoms with E-state index in [1.807, 2.05) is 0 Å². The normalized spacial score (nSPS) is 21.6. The first-order valence-corrected chi connectivity index (χ1v) is 7.51. The lowest BCUT2D eigenvalue weighted by molar-refractivity contribution is 0.378. The zero-order valence-electron chi connectivity index (χ0n) is 14.2. The Bertz CT molecular complexity index is 502. The first-order chi connectivity index (χ1) is 9.20. The van der Waals surface area contributed by atoms with E-state index >= 15 is 0 Å². The number of methoxy groups -OCH3 is 1. The van der Waals surface area contributed by atoms with E-state index < -0.39 is 0 Å². The topological polar surface area (TPSA) is 21.3 Å². The van der Waals surface area contributed by atoms with Gasteiger partial charge in [-0.25, -0.2) is 0 Å². The van der Waals surface area contributed by atoms with E-state index in [-0.39, 0.29) is 0 Å². The predicted octanol–water partition coefficient (Wildman–Crippen LogP) is 4.25. The molecule has 20 heavy (non-hydrogen) atoms. The van der Waals surface area contributed by atoms with Crippen molar-refractivity contribution in [3.8, 4) is 5.75 Å². The number of hydrogen-bond donors (Lipinski definition) is 1. The van der Waals surface area contributed by atoms with Gasteiger partial charge in [0.25, 0.3) is 0 Å². The van der Waals surface area contributed by atoms with Crippen molar-refractivity contribution in [2.24, 2.45) is 16.7 Å². The highest BCUT2D eigenvalue weighted by atomic mass is 16.5. The molecule has 112 valence electrons. The lowest BCUT2D eigenvalue weighted by Crippen LogP contribution is -2.22. The monoisotopic (exact) mass is 275 g/mol. The number of benzene rings is 1. The third-order valence-electron chi connectivity index (χ3n) is 6.02. The highest BCUT2D eigenvalue weighted by Gasteiger charge is 2.67. The van der Waals surface area contributed by atoms with Gasteiger partial charge in [0.15, 0.2) is 0 Å². The van der Waals surface area contributed by atoms with Crippen LogP contribution < -0.4 is 10.1 Å². The second kappa shape index (κ2) is 4.77. The van der Waals surface area contributed by atoms with Crippen LogP contribution in [0.4, 0.5) is 0 Å². The average Bonchev–Trinajstić information content (AvgIpc) is 2.77. The summed E-state index contributed by atoms with van der Waals surface area (Å²) in [6.07, 6.45) is 0. The van der Waals surface area contributed by atoms with Crippen LogP contribution in [-0.2, 0) is 0 Å². The molecule has 0 aromatic heterocycles. The van der Waals surface area contributed by atoms with E-state index in [4.69, 9.17) is 4.74 Å². The summed E-state index contributed by atoms with van der Waals surface area (Å²) in [6, 6.07) is 4.78. The van der Waals surface area contributed by atoms with Gasteiger partial charge in [0, 0.05) is 11.6 Å². The number of hydrogen-bond acceptors (Lipinski definition) is 2. The van der Waals surface area contributed by atoms with E-state index in [2.05, 4.69) is 66.0 Å². The number of rotatable bonds is 4. The molecule has 1 aliphatic rings. The van der Waals surface area contributed by atoms with Crippen molar-refractivity contribution >= 4 is 0 Å². The Morgan fingerprint density at radius 3 is 2.05 bits per heavy atom. The fourth-order valence-electron chi connectivity index (χ4n) is 3.91. The van der Waals surface area contributed by atoms with Crippen LogP contribution in [0.5, 0.6) is 5.75 Å². The lowest BCUT2D eigenvalue weighted by Gasteiger charge is -2.23. The maximum Gasteiger partial charge on any atom is 0.126 e. The van der Waals surface area contributed by atoms with Crippen molar-refractivity contribution in [2.45, 2.75) is 47.6 Å². The van der Waals surface area contributed by atoms with Gasteiger partial charge >= 0.3 is 0 Å². The standard InChI is InChI=1S/C18H29NO/c1-11-9-10-13(15(20-8)12(11)2)14(19-7)16-17(3,4)18(16,5)6/h9-10,14,16,19H,1-8H3. The largest absolute Gasteiger partial charge is 0.496 e. The van der Waals surface area contributed by atoms with Crippen molar-refractivity contribution in [1.82, 2.24) is 5.32 Å². The molecule has 1 N–H and O–H groups in total. The Morgan fingerprint density at radius 1 is 1.10 bits per heavy atom. The zero-order chi connectivity index (χ0) is 15.3. The molecule has 2 rings (SSSR count). The van der Waals surface area contributed by atoms with E-state index in [0.29, 0.717) is 22.8 Å². The predicted molar refractivity (Wildman–Crippen MR) is 85.3 cm³/mol. The van der Waals surface area contributed by atoms with Gasteiger partial charge < -0.3 is 10.1 Å². The van der Waals surface area contributed by atoms with E-state index in [1.165, 1.54) is 16.7 Å². The molecule has 0 heterocycles. The molecule has 1 aromatic rings. The second-order valence-electron chi connectivity index (χ2n) is 7.32. The number of aryl methyl sites for hydroxylation is 1. The average molecular weight is 275 g/mol. The summed E-state index contributed by atoms with van der Waals surface area (Å²) in [6.45, 7) is 13.8. The van der Waals surface area contributed by atoms with E-state index in [9.17, 15) is 0 Å². The lowest BCUT2D eigenvalue weighted by atomic mass is 9.92. The van der Waals surface area contributed by atoms with E-state index in [1.54, 1.807) is 7.11 Å². The fourth-order valence-corrected chi connectivity index (χ4v) is 3.91. The van der Waals surface area contributed by atoms with Gasteiger partial charge in [-0.15, -0.1) is 0 Å². The second-order valence-corrected chi connectivity index (χ2v) is 7.32. The van der Waals surface area contributed by atoms with Gasteiger partial charge in [-0.05, 0) is 48.8 Å². The molecule has 0 radical (unpaired) electrons. The van der Waals surface area contributed by atoms with Crippen molar-refractivity contribution in [3.63, 3.8) is 0 Å². The quantitative estimate of drug-likeness (QED) is 0.886. The van der Waals surface area contributed by atoms with Crippen molar-refractivity contribution in [2.75, 3.05) is 14.2 Å². The molecule has 2 nitrogen and oxygen atoms in total. The third kappa shape index (κ3) is 1.96. The molecule has 1 saturated carbocycles. The molecule has 0 spiro atoms. The van der Waals surface area contributed by atoms with Crippen LogP contribution in [0.2, 0.25) is 0 Å². The highest BCUT2D eigenvalue weighted by molar-refractivity contribution is 5.48. The van der Waals surface area contributed by atoms with Crippen LogP contribution in [0.25, 0.3) is 0 Å². The Balaban J connectivity index is 2.47. The maximum absolute atomic E-state index is 5.71. The van der Waals surface area contributed by atoms with Crippen LogP contribution in [0.3, 0.4) is 0 Å². The zero-order valence-corrected chi connectivity index (χ0v) is 14.2. The molecule has 1 fully saturated rings. The summed E-state index contributed by atoms with van der Waals surface area (Å²) in [5.41, 5.74) is 4.53. The molecule has 1 aromatic carbocycles. The van der Waals surface area contributed by atoms with Crippen LogP contribution in [0.1, 0.15) is 50.4 Å². The van der Waals surface area contributed by atoms with Crippen molar-refractivity contribution in [1.29, 1.82) is 0 Å². The van der Waals surface area contributed by atoms with Gasteiger partial charge in [-0.3, -0.25) is 0 Å². The van der Waals surface area contributed by atoms with Crippen LogP contribution in [0, 0.1) is 30.6 Å². The number of nitrogens with one attached hydrogen (secondary N) is 1. The van der Waals surface area contributed by atoms with E-state index in [0.717, 1.165) is 5.75 Å². The first-order valence-electron chi connectivity index (χ1n) is 7.51. The SMILES string of the molecule is CNC(c1ccc(C)c(C)c1OC)C1C(C)(C)C1(C)C. The fraction of sp³-hybridized carbons (Fsp3) is 0.667. The van der Waals surface area contributed by atoms with Gasteiger partial charge in [-0.1, -0.05) is 39.8 Å². The smallest absolute Gasteiger partial charge is 0.126 e. The van der Waals surface area contributed by atoms with Crippen molar-refractivity contribution in [3.05, 3.63) is 28.8 Å². The highest BCUT2D eigenvalue weighted by Crippen LogP contribution is 2.72. The Kier molecular flexibility index (Phi) is 3.66. The Morgan fingerprint density at radius 2 is 1.65 bits per heavy atom. The molecule has 0 saturated heterocycles. The summed E-state index contributed by atoms with van der Waals surface area (Å²) in [4.78, 5) is 0. The summed E-state index contributed by atoms with van der Waals surface area (Å²) in [5, 5.41) is 3.53. The summed E-state index contributed by atoms with van der Waals surface area (Å²) in [5.74, 6) is 1.67. The van der Waals surface area contributed by atoms with Crippen molar-refractivity contribution < 1.29 is 4.74 Å². The summed E-state index contributed by atoms with van der Waals surface area (Å²) < 4.78 is 5.71. The molecule has 1 atom stereocenters. The molecular weight excluding hydrogens is 246 g/mol. The minimum atomic E-state index is 0.342. The third-order valence-corrected chi connectivity index (χ3v) is 6.02. The number of ether oxygens (including phenoxy) is 1. The van der Waals surface area contributed by atoms with Crippen LogP contribution in [0.15, 0.2) is 12.1 Å². The molecule has 1 aliphatic carbocycles. The van der Waals surface area contributed by atoms with Gasteiger partial charge in [-0.2, -0.15) is 0 Å². The molecule has 0 amide bonds. The molecule has 1 unspecified atom stereocenters.